The molecule has 0 aromatic heterocycles. The van der Waals surface area contributed by atoms with Gasteiger partial charge in [-0.2, -0.15) is 0 Å². The van der Waals surface area contributed by atoms with Crippen LogP contribution >= 0.6 is 0 Å². The van der Waals surface area contributed by atoms with Gasteiger partial charge >= 0.3 is 0 Å². The average molecular weight is 289 g/mol. The summed E-state index contributed by atoms with van der Waals surface area (Å²) in [5.41, 5.74) is 1.69. The Bertz CT molecular complexity index is 518. The summed E-state index contributed by atoms with van der Waals surface area (Å²) in [5, 5.41) is 8.74. The highest BCUT2D eigenvalue weighted by molar-refractivity contribution is 5.37. The quantitative estimate of drug-likeness (QED) is 0.860. The van der Waals surface area contributed by atoms with Crippen LogP contribution in [0, 0.1) is 17.7 Å². The van der Waals surface area contributed by atoms with Gasteiger partial charge in [0.1, 0.15) is 5.82 Å². The van der Waals surface area contributed by atoms with Crippen LogP contribution in [0.25, 0.3) is 0 Å². The third-order valence-electron chi connectivity index (χ3n) is 4.03. The molecule has 1 aromatic carbocycles. The Balaban J connectivity index is 2.10. The second-order valence-corrected chi connectivity index (χ2v) is 5.65. The van der Waals surface area contributed by atoms with Crippen molar-refractivity contribution in [2.75, 3.05) is 13.2 Å². The van der Waals surface area contributed by atoms with Crippen molar-refractivity contribution in [3.63, 3.8) is 0 Å². The number of hydrogen-bond acceptors (Lipinski definition) is 2. The Hall–Kier alpha value is -1.37. The minimum Gasteiger partial charge on any atom is -0.395 e. The van der Waals surface area contributed by atoms with Crippen LogP contribution < -0.4 is 0 Å². The Morgan fingerprint density at radius 2 is 2.19 bits per heavy atom. The summed E-state index contributed by atoms with van der Waals surface area (Å²) >= 11 is 0. The predicted molar refractivity (Wildman–Crippen MR) is 83.3 cm³/mol. The number of rotatable bonds is 4. The van der Waals surface area contributed by atoms with E-state index >= 15 is 0 Å². The molecule has 0 amide bonds. The standard InChI is InChI=1S/C18H24FNO/c1-2-18-8-3-5-9-20(18)14-16-11-15(7-4-6-10-21)12-17(19)13-16/h11-13,18,21H,2-3,5-6,8-10,14H2,1H3. The largest absolute Gasteiger partial charge is 0.395 e. The molecular weight excluding hydrogens is 265 g/mol. The molecule has 0 spiro atoms. The van der Waals surface area contributed by atoms with E-state index in [1.54, 1.807) is 6.07 Å². The van der Waals surface area contributed by atoms with Crippen molar-refractivity contribution < 1.29 is 9.50 Å². The summed E-state index contributed by atoms with van der Waals surface area (Å²) in [6, 6.07) is 5.65. The van der Waals surface area contributed by atoms with Crippen LogP contribution in [0.5, 0.6) is 0 Å². The number of piperidine rings is 1. The van der Waals surface area contributed by atoms with Gasteiger partial charge in [0.05, 0.1) is 6.61 Å². The molecule has 1 unspecified atom stereocenters. The van der Waals surface area contributed by atoms with Crippen LogP contribution in [0.1, 0.15) is 50.2 Å². The lowest BCUT2D eigenvalue weighted by Gasteiger charge is -2.35. The number of likely N-dealkylation sites (tertiary alicyclic amines) is 1. The highest BCUT2D eigenvalue weighted by atomic mass is 19.1. The minimum atomic E-state index is -0.231. The number of aliphatic hydroxyl groups excluding tert-OH is 1. The van der Waals surface area contributed by atoms with Crippen LogP contribution in [0.3, 0.4) is 0 Å². The van der Waals surface area contributed by atoms with Crippen LogP contribution in [0.15, 0.2) is 18.2 Å². The fourth-order valence-electron chi connectivity index (χ4n) is 3.00. The molecule has 1 heterocycles. The maximum atomic E-state index is 13.7. The highest BCUT2D eigenvalue weighted by Crippen LogP contribution is 2.22. The first-order valence-corrected chi connectivity index (χ1v) is 7.86. The van der Waals surface area contributed by atoms with Crippen molar-refractivity contribution in [1.82, 2.24) is 4.90 Å². The van der Waals surface area contributed by atoms with E-state index in [-0.39, 0.29) is 12.4 Å². The van der Waals surface area contributed by atoms with Crippen LogP contribution in [-0.2, 0) is 6.54 Å². The molecule has 21 heavy (non-hydrogen) atoms. The van der Waals surface area contributed by atoms with Gasteiger partial charge in [-0.15, -0.1) is 0 Å². The van der Waals surface area contributed by atoms with E-state index in [1.807, 2.05) is 6.07 Å². The molecule has 0 saturated carbocycles. The molecule has 3 heteroatoms. The predicted octanol–water partition coefficient (Wildman–Crippen LogP) is 3.32. The van der Waals surface area contributed by atoms with Crippen molar-refractivity contribution in [3.05, 3.63) is 35.1 Å². The van der Waals surface area contributed by atoms with Gasteiger partial charge in [-0.3, -0.25) is 4.90 Å². The SMILES string of the molecule is CCC1CCCCN1Cc1cc(F)cc(C#CCCO)c1. The summed E-state index contributed by atoms with van der Waals surface area (Å²) in [6.45, 7) is 4.16. The van der Waals surface area contributed by atoms with E-state index in [9.17, 15) is 4.39 Å². The Labute approximate surface area is 127 Å². The van der Waals surface area contributed by atoms with Gasteiger partial charge in [-0.05, 0) is 49.6 Å². The maximum absolute atomic E-state index is 13.7. The first kappa shape index (κ1) is 16.0. The van der Waals surface area contributed by atoms with Gasteiger partial charge in [0.15, 0.2) is 0 Å². The smallest absolute Gasteiger partial charge is 0.124 e. The van der Waals surface area contributed by atoms with Crippen molar-refractivity contribution >= 4 is 0 Å². The molecule has 1 fully saturated rings. The second-order valence-electron chi connectivity index (χ2n) is 5.65. The summed E-state index contributed by atoms with van der Waals surface area (Å²) in [5.74, 6) is 5.54. The van der Waals surface area contributed by atoms with E-state index in [1.165, 1.54) is 25.3 Å². The summed E-state index contributed by atoms with van der Waals surface area (Å²) in [7, 11) is 0. The maximum Gasteiger partial charge on any atom is 0.124 e. The molecule has 114 valence electrons. The lowest BCUT2D eigenvalue weighted by atomic mass is 9.99. The molecule has 1 aliphatic rings. The topological polar surface area (TPSA) is 23.5 Å². The first-order chi connectivity index (χ1) is 10.2. The lowest BCUT2D eigenvalue weighted by Crippen LogP contribution is -2.38. The molecule has 2 nitrogen and oxygen atoms in total. The minimum absolute atomic E-state index is 0.0428. The number of aliphatic hydroxyl groups is 1. The Kier molecular flexibility index (Phi) is 6.22. The van der Waals surface area contributed by atoms with Gasteiger partial charge in [-0.25, -0.2) is 4.39 Å². The van der Waals surface area contributed by atoms with E-state index < -0.39 is 0 Å². The van der Waals surface area contributed by atoms with Crippen molar-refractivity contribution in [3.8, 4) is 11.8 Å². The Morgan fingerprint density at radius 3 is 2.95 bits per heavy atom. The molecule has 1 atom stereocenters. The van der Waals surface area contributed by atoms with E-state index in [0.29, 0.717) is 18.0 Å². The zero-order valence-corrected chi connectivity index (χ0v) is 12.7. The van der Waals surface area contributed by atoms with Crippen LogP contribution in [0.2, 0.25) is 0 Å². The molecule has 1 aromatic rings. The molecule has 1 aliphatic heterocycles. The van der Waals surface area contributed by atoms with Gasteiger partial charge in [0.2, 0.25) is 0 Å². The third-order valence-corrected chi connectivity index (χ3v) is 4.03. The van der Waals surface area contributed by atoms with Crippen LogP contribution in [0.4, 0.5) is 4.39 Å². The lowest BCUT2D eigenvalue weighted by molar-refractivity contribution is 0.136. The van der Waals surface area contributed by atoms with Gasteiger partial charge < -0.3 is 5.11 Å². The third kappa shape index (κ3) is 4.84. The number of nitrogens with zero attached hydrogens (tertiary/aromatic N) is 1. The molecule has 0 aliphatic carbocycles. The van der Waals surface area contributed by atoms with E-state index in [4.69, 9.17) is 5.11 Å². The van der Waals surface area contributed by atoms with Crippen molar-refractivity contribution in [1.29, 1.82) is 0 Å². The van der Waals surface area contributed by atoms with Crippen molar-refractivity contribution in [2.24, 2.45) is 0 Å². The molecule has 2 rings (SSSR count). The fraction of sp³-hybridized carbons (Fsp3) is 0.556. The number of halogens is 1. The fourth-order valence-corrected chi connectivity index (χ4v) is 3.00. The van der Waals surface area contributed by atoms with E-state index in [2.05, 4.69) is 23.7 Å². The Morgan fingerprint density at radius 1 is 1.33 bits per heavy atom. The number of benzene rings is 1. The molecule has 1 N–H and O–H groups in total. The normalized spacial score (nSPS) is 19.1. The average Bonchev–Trinajstić information content (AvgIpc) is 2.47. The van der Waals surface area contributed by atoms with Crippen molar-refractivity contribution in [2.45, 2.75) is 51.6 Å². The molecule has 0 bridgehead atoms. The summed E-state index contributed by atoms with van der Waals surface area (Å²) in [6.07, 6.45) is 5.36. The zero-order valence-electron chi connectivity index (χ0n) is 12.7. The van der Waals surface area contributed by atoms with Gasteiger partial charge in [0, 0.05) is 24.6 Å². The first-order valence-electron chi connectivity index (χ1n) is 7.86. The van der Waals surface area contributed by atoms with E-state index in [0.717, 1.165) is 25.1 Å². The molecular formula is C18H24FNO. The second kappa shape index (κ2) is 8.17. The van der Waals surface area contributed by atoms with Gasteiger partial charge in [0.25, 0.3) is 0 Å². The van der Waals surface area contributed by atoms with Gasteiger partial charge in [-0.1, -0.05) is 25.2 Å². The highest BCUT2D eigenvalue weighted by Gasteiger charge is 2.20. The molecule has 1 saturated heterocycles. The van der Waals surface area contributed by atoms with Crippen LogP contribution in [-0.4, -0.2) is 29.2 Å². The summed E-state index contributed by atoms with van der Waals surface area (Å²) < 4.78 is 13.7. The zero-order chi connectivity index (χ0) is 15.1. The summed E-state index contributed by atoms with van der Waals surface area (Å²) in [4.78, 5) is 2.46. The monoisotopic (exact) mass is 289 g/mol. The molecule has 0 radical (unpaired) electrons. The number of hydrogen-bond donors (Lipinski definition) is 1.